The minimum absolute atomic E-state index is 0.250. The van der Waals surface area contributed by atoms with Gasteiger partial charge in [0, 0.05) is 26.9 Å². The first-order chi connectivity index (χ1) is 7.33. The molecule has 0 rings (SSSR count). The minimum atomic E-state index is 0.250. The van der Waals surface area contributed by atoms with Crippen LogP contribution in [-0.2, 0) is 4.74 Å². The number of hydrogen-bond acceptors (Lipinski definition) is 3. The van der Waals surface area contributed by atoms with E-state index in [4.69, 9.17) is 14.9 Å². The lowest BCUT2D eigenvalue weighted by Crippen LogP contribution is -1.86. The Morgan fingerprint density at radius 2 is 1.33 bits per heavy atom. The number of ether oxygens (including phenoxy) is 1. The van der Waals surface area contributed by atoms with Gasteiger partial charge in [-0.3, -0.25) is 0 Å². The Balaban J connectivity index is 0. The molecular formula is C12H28O3. The number of aliphatic hydroxyl groups excluding tert-OH is 2. The Kier molecular flexibility index (Phi) is 22.4. The quantitative estimate of drug-likeness (QED) is 0.586. The summed E-state index contributed by atoms with van der Waals surface area (Å²) in [6.45, 7) is 3.65. The van der Waals surface area contributed by atoms with E-state index in [0.717, 1.165) is 25.9 Å². The van der Waals surface area contributed by atoms with E-state index in [1.54, 1.807) is 7.11 Å². The summed E-state index contributed by atoms with van der Waals surface area (Å²) in [4.78, 5) is 0. The number of methoxy groups -OCH3 is 1. The summed E-state index contributed by atoms with van der Waals surface area (Å²) in [7, 11) is 1.76. The van der Waals surface area contributed by atoms with Crippen molar-refractivity contribution >= 4 is 0 Å². The summed E-state index contributed by atoms with van der Waals surface area (Å²) >= 11 is 0. The van der Waals surface area contributed by atoms with Gasteiger partial charge in [-0.05, 0) is 25.7 Å². The molecule has 0 saturated carbocycles. The molecule has 0 atom stereocenters. The lowest BCUT2D eigenvalue weighted by molar-refractivity contribution is 0.192. The lowest BCUT2D eigenvalue weighted by atomic mass is 10.2. The molecule has 0 bridgehead atoms. The monoisotopic (exact) mass is 220 g/mol. The first-order valence-electron chi connectivity index (χ1n) is 6.04. The van der Waals surface area contributed by atoms with Crippen molar-refractivity contribution in [1.82, 2.24) is 0 Å². The molecule has 3 heteroatoms. The van der Waals surface area contributed by atoms with E-state index in [2.05, 4.69) is 6.92 Å². The van der Waals surface area contributed by atoms with Crippen LogP contribution in [0.15, 0.2) is 0 Å². The summed E-state index contributed by atoms with van der Waals surface area (Å²) in [6.07, 6.45) is 7.79. The second-order valence-corrected chi connectivity index (χ2v) is 3.56. The molecule has 0 radical (unpaired) electrons. The molecule has 0 heterocycles. The van der Waals surface area contributed by atoms with Crippen LogP contribution in [0.2, 0.25) is 0 Å². The number of hydrogen-bond donors (Lipinski definition) is 2. The third-order valence-electron chi connectivity index (χ3n) is 2.02. The van der Waals surface area contributed by atoms with Crippen LogP contribution in [-0.4, -0.2) is 37.1 Å². The van der Waals surface area contributed by atoms with Gasteiger partial charge in [-0.25, -0.2) is 0 Å². The highest BCUT2D eigenvalue weighted by molar-refractivity contribution is 4.37. The topological polar surface area (TPSA) is 49.7 Å². The molecule has 0 aromatic carbocycles. The molecule has 0 amide bonds. The molecule has 0 aliphatic heterocycles. The van der Waals surface area contributed by atoms with Crippen molar-refractivity contribution in [2.24, 2.45) is 0 Å². The second kappa shape index (κ2) is 19.5. The molecule has 94 valence electrons. The number of rotatable bonds is 9. The van der Waals surface area contributed by atoms with Gasteiger partial charge in [-0.2, -0.15) is 0 Å². The highest BCUT2D eigenvalue weighted by Gasteiger charge is 1.83. The Morgan fingerprint density at radius 3 is 1.73 bits per heavy atom. The molecule has 0 saturated heterocycles. The maximum Gasteiger partial charge on any atom is 0.0462 e. The van der Waals surface area contributed by atoms with Crippen LogP contribution in [0.25, 0.3) is 0 Å². The summed E-state index contributed by atoms with van der Waals surface area (Å²) in [5, 5.41) is 16.4. The van der Waals surface area contributed by atoms with Gasteiger partial charge >= 0.3 is 0 Å². The van der Waals surface area contributed by atoms with Gasteiger partial charge in [0.25, 0.3) is 0 Å². The van der Waals surface area contributed by atoms with Crippen molar-refractivity contribution in [3.05, 3.63) is 0 Å². The zero-order chi connectivity index (χ0) is 11.8. The van der Waals surface area contributed by atoms with E-state index in [-0.39, 0.29) is 13.2 Å². The van der Waals surface area contributed by atoms with Crippen LogP contribution in [0, 0.1) is 0 Å². The summed E-state index contributed by atoms with van der Waals surface area (Å²) < 4.78 is 4.89. The van der Waals surface area contributed by atoms with Gasteiger partial charge < -0.3 is 14.9 Å². The lowest BCUT2D eigenvalue weighted by Gasteiger charge is -1.95. The fraction of sp³-hybridized carbons (Fsp3) is 1.00. The zero-order valence-electron chi connectivity index (χ0n) is 10.4. The average Bonchev–Trinajstić information content (AvgIpc) is 2.26. The molecule has 0 aliphatic rings. The van der Waals surface area contributed by atoms with E-state index in [1.807, 2.05) is 0 Å². The maximum atomic E-state index is 8.21. The highest BCUT2D eigenvalue weighted by atomic mass is 16.5. The zero-order valence-corrected chi connectivity index (χ0v) is 10.4. The minimum Gasteiger partial charge on any atom is -0.396 e. The molecule has 3 nitrogen and oxygen atoms in total. The molecule has 0 fully saturated rings. The SMILES string of the molecule is CCCCCCOC.OCCCCCO. The van der Waals surface area contributed by atoms with Crippen LogP contribution in [0.1, 0.15) is 51.9 Å². The largest absolute Gasteiger partial charge is 0.396 e. The van der Waals surface area contributed by atoms with Crippen LogP contribution >= 0.6 is 0 Å². The van der Waals surface area contributed by atoms with Crippen LogP contribution in [0.4, 0.5) is 0 Å². The van der Waals surface area contributed by atoms with Gasteiger partial charge in [0.15, 0.2) is 0 Å². The fourth-order valence-corrected chi connectivity index (χ4v) is 1.07. The number of unbranched alkanes of at least 4 members (excludes halogenated alkanes) is 5. The van der Waals surface area contributed by atoms with Gasteiger partial charge in [0.1, 0.15) is 0 Å². The molecule has 15 heavy (non-hydrogen) atoms. The standard InChI is InChI=1S/C7H16O.C5H12O2/c1-3-4-5-6-7-8-2;6-4-2-1-3-5-7/h3-7H2,1-2H3;6-7H,1-5H2. The Labute approximate surface area is 94.5 Å². The highest BCUT2D eigenvalue weighted by Crippen LogP contribution is 1.97. The Morgan fingerprint density at radius 1 is 0.800 bits per heavy atom. The summed E-state index contributed by atoms with van der Waals surface area (Å²) in [6, 6.07) is 0. The first-order valence-corrected chi connectivity index (χ1v) is 6.04. The van der Waals surface area contributed by atoms with Gasteiger partial charge in [0.05, 0.1) is 0 Å². The molecule has 0 aliphatic carbocycles. The van der Waals surface area contributed by atoms with E-state index in [0.29, 0.717) is 0 Å². The normalized spacial score (nSPS) is 9.60. The van der Waals surface area contributed by atoms with Crippen molar-refractivity contribution in [1.29, 1.82) is 0 Å². The Bertz CT molecular complexity index is 76.9. The van der Waals surface area contributed by atoms with E-state index in [9.17, 15) is 0 Å². The molecule has 2 N–H and O–H groups in total. The summed E-state index contributed by atoms with van der Waals surface area (Å²) in [5.74, 6) is 0. The molecule has 0 aromatic heterocycles. The average molecular weight is 220 g/mol. The van der Waals surface area contributed by atoms with E-state index < -0.39 is 0 Å². The van der Waals surface area contributed by atoms with Crippen LogP contribution in [0.3, 0.4) is 0 Å². The molecule has 0 spiro atoms. The van der Waals surface area contributed by atoms with Crippen LogP contribution < -0.4 is 0 Å². The maximum absolute atomic E-state index is 8.21. The predicted molar refractivity (Wildman–Crippen MR) is 64.0 cm³/mol. The summed E-state index contributed by atoms with van der Waals surface area (Å²) in [5.41, 5.74) is 0. The number of aliphatic hydroxyl groups is 2. The molecular weight excluding hydrogens is 192 g/mol. The van der Waals surface area contributed by atoms with Crippen molar-refractivity contribution in [3.8, 4) is 0 Å². The fourth-order valence-electron chi connectivity index (χ4n) is 1.07. The van der Waals surface area contributed by atoms with Gasteiger partial charge in [-0.15, -0.1) is 0 Å². The first kappa shape index (κ1) is 17.3. The third kappa shape index (κ3) is 24.8. The predicted octanol–water partition coefficient (Wildman–Crippen LogP) is 2.35. The smallest absolute Gasteiger partial charge is 0.0462 e. The van der Waals surface area contributed by atoms with Crippen molar-refractivity contribution in [2.45, 2.75) is 51.9 Å². The van der Waals surface area contributed by atoms with Crippen molar-refractivity contribution < 1.29 is 14.9 Å². The molecule has 0 unspecified atom stereocenters. The van der Waals surface area contributed by atoms with Crippen molar-refractivity contribution in [3.63, 3.8) is 0 Å². The van der Waals surface area contributed by atoms with Crippen molar-refractivity contribution in [2.75, 3.05) is 26.9 Å². The van der Waals surface area contributed by atoms with Crippen LogP contribution in [0.5, 0.6) is 0 Å². The second-order valence-electron chi connectivity index (χ2n) is 3.56. The van der Waals surface area contributed by atoms with Gasteiger partial charge in [0.2, 0.25) is 0 Å². The third-order valence-corrected chi connectivity index (χ3v) is 2.02. The molecule has 0 aromatic rings. The van der Waals surface area contributed by atoms with Gasteiger partial charge in [-0.1, -0.05) is 26.2 Å². The Hall–Kier alpha value is -0.120. The van der Waals surface area contributed by atoms with E-state index in [1.165, 1.54) is 25.7 Å². The van der Waals surface area contributed by atoms with E-state index >= 15 is 0 Å².